The number of allylic oxidation sites excluding steroid dienone is 4. The largest absolute Gasteiger partial charge is 0.330 e. The monoisotopic (exact) mass is 169 g/mol. The highest BCUT2D eigenvalue weighted by Crippen LogP contribution is 2.02. The molecular formula is C9H15NS. The summed E-state index contributed by atoms with van der Waals surface area (Å²) < 4.78 is 3.12. The van der Waals surface area contributed by atoms with E-state index in [1.54, 1.807) is 11.9 Å². The molecule has 0 rings (SSSR count). The van der Waals surface area contributed by atoms with Gasteiger partial charge in [-0.05, 0) is 26.0 Å². The van der Waals surface area contributed by atoms with Gasteiger partial charge < -0.3 is 4.72 Å². The van der Waals surface area contributed by atoms with Crippen LogP contribution in [-0.4, -0.2) is 6.26 Å². The Morgan fingerprint density at radius 1 is 1.55 bits per heavy atom. The third kappa shape index (κ3) is 4.73. The summed E-state index contributed by atoms with van der Waals surface area (Å²) >= 11 is 1.57. The number of hydrogen-bond acceptors (Lipinski definition) is 2. The van der Waals surface area contributed by atoms with E-state index in [4.69, 9.17) is 0 Å². The molecule has 0 atom stereocenters. The average Bonchev–Trinajstić information content (AvgIpc) is 2.03. The highest BCUT2D eigenvalue weighted by Gasteiger charge is 1.87. The zero-order chi connectivity index (χ0) is 8.69. The molecule has 0 aromatic heterocycles. The first-order valence-corrected chi connectivity index (χ1v) is 4.73. The highest BCUT2D eigenvalue weighted by atomic mass is 32.2. The average molecular weight is 169 g/mol. The molecule has 2 heteroatoms. The van der Waals surface area contributed by atoms with E-state index >= 15 is 0 Å². The second-order valence-electron chi connectivity index (χ2n) is 2.14. The van der Waals surface area contributed by atoms with Gasteiger partial charge in [0.15, 0.2) is 0 Å². The van der Waals surface area contributed by atoms with Crippen molar-refractivity contribution in [3.8, 4) is 0 Å². The van der Waals surface area contributed by atoms with Crippen LogP contribution in [0.3, 0.4) is 0 Å². The lowest BCUT2D eigenvalue weighted by Gasteiger charge is -2.01. The van der Waals surface area contributed by atoms with E-state index in [1.807, 2.05) is 19.3 Å². The first-order chi connectivity index (χ1) is 5.24. The Morgan fingerprint density at radius 3 is 2.55 bits per heavy atom. The molecule has 0 saturated heterocycles. The van der Waals surface area contributed by atoms with Gasteiger partial charge in [-0.1, -0.05) is 30.2 Å². The van der Waals surface area contributed by atoms with Crippen molar-refractivity contribution in [3.05, 3.63) is 36.1 Å². The molecule has 0 aliphatic heterocycles. The third-order valence-electron chi connectivity index (χ3n) is 1.28. The van der Waals surface area contributed by atoms with Crippen LogP contribution in [0.25, 0.3) is 0 Å². The quantitative estimate of drug-likeness (QED) is 0.513. The smallest absolute Gasteiger partial charge is 0.0436 e. The Bertz CT molecular complexity index is 180. The molecule has 0 amide bonds. The molecule has 0 unspecified atom stereocenters. The van der Waals surface area contributed by atoms with Crippen LogP contribution in [0.5, 0.6) is 0 Å². The normalized spacial score (nSPS) is 13.0. The van der Waals surface area contributed by atoms with Crippen molar-refractivity contribution in [2.24, 2.45) is 0 Å². The summed E-state index contributed by atoms with van der Waals surface area (Å²) in [5.74, 6) is 0. The molecule has 0 aliphatic rings. The molecule has 1 N–H and O–H groups in total. The van der Waals surface area contributed by atoms with Gasteiger partial charge in [-0.3, -0.25) is 0 Å². The van der Waals surface area contributed by atoms with Crippen LogP contribution in [0.15, 0.2) is 36.1 Å². The summed E-state index contributed by atoms with van der Waals surface area (Å²) in [5, 5.41) is 0. The highest BCUT2D eigenvalue weighted by molar-refractivity contribution is 7.96. The van der Waals surface area contributed by atoms with Crippen LogP contribution in [0, 0.1) is 0 Å². The van der Waals surface area contributed by atoms with E-state index < -0.39 is 0 Å². The van der Waals surface area contributed by atoms with Crippen molar-refractivity contribution in [1.82, 2.24) is 4.72 Å². The molecule has 0 aliphatic carbocycles. The summed E-state index contributed by atoms with van der Waals surface area (Å²) in [7, 11) is 0. The van der Waals surface area contributed by atoms with E-state index in [-0.39, 0.29) is 0 Å². The van der Waals surface area contributed by atoms with Crippen molar-refractivity contribution in [3.63, 3.8) is 0 Å². The Kier molecular flexibility index (Phi) is 5.75. The maximum absolute atomic E-state index is 3.70. The lowest BCUT2D eigenvalue weighted by Crippen LogP contribution is -1.98. The minimum atomic E-state index is 1.05. The lowest BCUT2D eigenvalue weighted by atomic mass is 10.2. The maximum Gasteiger partial charge on any atom is 0.0436 e. The molecule has 11 heavy (non-hydrogen) atoms. The second kappa shape index (κ2) is 6.10. The van der Waals surface area contributed by atoms with E-state index in [1.165, 1.54) is 5.57 Å². The first kappa shape index (κ1) is 10.4. The zero-order valence-corrected chi connectivity index (χ0v) is 8.16. The zero-order valence-electron chi connectivity index (χ0n) is 7.35. The van der Waals surface area contributed by atoms with Gasteiger partial charge in [-0.25, -0.2) is 0 Å². The number of rotatable bonds is 4. The number of nitrogens with one attached hydrogen (secondary N) is 1. The molecule has 0 spiro atoms. The van der Waals surface area contributed by atoms with Crippen LogP contribution in [0.1, 0.15) is 13.8 Å². The van der Waals surface area contributed by atoms with Crippen LogP contribution in [-0.2, 0) is 0 Å². The van der Waals surface area contributed by atoms with Gasteiger partial charge in [0, 0.05) is 12.0 Å². The van der Waals surface area contributed by atoms with Gasteiger partial charge in [-0.15, -0.1) is 0 Å². The Balaban J connectivity index is 4.22. The Labute approximate surface area is 73.4 Å². The summed E-state index contributed by atoms with van der Waals surface area (Å²) in [6.07, 6.45) is 7.92. The Hall–Kier alpha value is -0.630. The molecule has 0 bridgehead atoms. The molecule has 0 saturated carbocycles. The summed E-state index contributed by atoms with van der Waals surface area (Å²) in [5.41, 5.74) is 2.29. The van der Waals surface area contributed by atoms with E-state index in [9.17, 15) is 0 Å². The summed E-state index contributed by atoms with van der Waals surface area (Å²) in [6.45, 7) is 7.78. The minimum Gasteiger partial charge on any atom is -0.330 e. The van der Waals surface area contributed by atoms with Crippen LogP contribution in [0.2, 0.25) is 0 Å². The molecule has 0 heterocycles. The minimum absolute atomic E-state index is 1.05. The molecule has 0 radical (unpaired) electrons. The standard InChI is InChI=1S/C9H15NS/c1-5-8(3)7-9(6-2)10-11-4/h5-7,10H,2H2,1,3-4H3/b8-5-,9-7+. The van der Waals surface area contributed by atoms with Crippen molar-refractivity contribution in [2.75, 3.05) is 6.26 Å². The summed E-state index contributed by atoms with van der Waals surface area (Å²) in [6, 6.07) is 0. The first-order valence-electron chi connectivity index (χ1n) is 3.50. The Morgan fingerprint density at radius 2 is 2.18 bits per heavy atom. The van der Waals surface area contributed by atoms with Gasteiger partial charge in [-0.2, -0.15) is 0 Å². The van der Waals surface area contributed by atoms with Crippen molar-refractivity contribution in [2.45, 2.75) is 13.8 Å². The fourth-order valence-electron chi connectivity index (χ4n) is 0.577. The van der Waals surface area contributed by atoms with Gasteiger partial charge in [0.1, 0.15) is 0 Å². The van der Waals surface area contributed by atoms with Gasteiger partial charge in [0.05, 0.1) is 0 Å². The third-order valence-corrected chi connectivity index (χ3v) is 1.72. The van der Waals surface area contributed by atoms with E-state index in [0.717, 1.165) is 5.70 Å². The maximum atomic E-state index is 3.70. The summed E-state index contributed by atoms with van der Waals surface area (Å²) in [4.78, 5) is 0. The van der Waals surface area contributed by atoms with Gasteiger partial charge >= 0.3 is 0 Å². The molecule has 1 nitrogen and oxygen atoms in total. The molecule has 62 valence electrons. The fourth-order valence-corrected chi connectivity index (χ4v) is 0.954. The van der Waals surface area contributed by atoms with Crippen LogP contribution < -0.4 is 4.72 Å². The second-order valence-corrected chi connectivity index (χ2v) is 2.76. The fraction of sp³-hybridized carbons (Fsp3) is 0.333. The topological polar surface area (TPSA) is 12.0 Å². The molecule has 0 fully saturated rings. The van der Waals surface area contributed by atoms with Gasteiger partial charge in [0.25, 0.3) is 0 Å². The van der Waals surface area contributed by atoms with Crippen LogP contribution >= 0.6 is 11.9 Å². The van der Waals surface area contributed by atoms with Crippen molar-refractivity contribution < 1.29 is 0 Å². The van der Waals surface area contributed by atoms with E-state index in [0.29, 0.717) is 0 Å². The molecule has 0 aromatic carbocycles. The van der Waals surface area contributed by atoms with Crippen molar-refractivity contribution in [1.29, 1.82) is 0 Å². The predicted molar refractivity (Wildman–Crippen MR) is 54.4 cm³/mol. The SMILES string of the molecule is C=C/C(=C\C(C)=C/C)NSC. The molecular weight excluding hydrogens is 154 g/mol. The molecule has 0 aromatic rings. The number of hydrogen-bond donors (Lipinski definition) is 1. The van der Waals surface area contributed by atoms with Gasteiger partial charge in [0.2, 0.25) is 0 Å². The van der Waals surface area contributed by atoms with Crippen LogP contribution in [0.4, 0.5) is 0 Å². The predicted octanol–water partition coefficient (Wildman–Crippen LogP) is 2.89. The van der Waals surface area contributed by atoms with Crippen molar-refractivity contribution >= 4 is 11.9 Å². The lowest BCUT2D eigenvalue weighted by molar-refractivity contribution is 1.27. The van der Waals surface area contributed by atoms with E-state index in [2.05, 4.69) is 30.4 Å².